The molecule has 194 valence electrons. The van der Waals surface area contributed by atoms with Crippen molar-refractivity contribution in [2.75, 3.05) is 23.4 Å². The number of thioether (sulfide) groups is 2. The molecule has 1 fully saturated rings. The Bertz CT molecular complexity index is 1400. The number of anilines is 1. The molecular formula is C26H28N4O3S4. The van der Waals surface area contributed by atoms with Crippen molar-refractivity contribution in [1.82, 2.24) is 15.3 Å². The van der Waals surface area contributed by atoms with Crippen LogP contribution in [0.3, 0.4) is 0 Å². The van der Waals surface area contributed by atoms with E-state index in [1.54, 1.807) is 22.7 Å². The summed E-state index contributed by atoms with van der Waals surface area (Å²) in [5, 5.41) is 6.12. The minimum atomic E-state index is -0.0860. The molecule has 2 aromatic heterocycles. The SMILES string of the molecule is CCOc1ccc2nc(SCC(=O)Nc3ccc4nc(SCC(=O)NC5CCCCC5)sc4c3)sc2c1. The van der Waals surface area contributed by atoms with Gasteiger partial charge in [-0.25, -0.2) is 9.97 Å². The number of hydrogen-bond acceptors (Lipinski definition) is 9. The standard InChI is InChI=1S/C26H28N4O3S4/c1-2-33-18-9-11-20-22(13-18)37-26(30-20)35-15-24(32)28-17-8-10-19-21(12-17)36-25(29-19)34-14-23(31)27-16-6-4-3-5-7-16/h8-13,16H,2-7,14-15H2,1H3,(H,27,31)(H,28,32). The third-order valence-electron chi connectivity index (χ3n) is 5.93. The molecule has 0 spiro atoms. The number of thiazole rings is 2. The van der Waals surface area contributed by atoms with Gasteiger partial charge < -0.3 is 15.4 Å². The third-order valence-corrected chi connectivity index (χ3v) is 10.2. The Kier molecular flexibility index (Phi) is 8.85. The molecule has 0 atom stereocenters. The van der Waals surface area contributed by atoms with Gasteiger partial charge in [0.1, 0.15) is 5.75 Å². The first-order valence-electron chi connectivity index (χ1n) is 12.3. The number of ether oxygens (including phenoxy) is 1. The quantitative estimate of drug-likeness (QED) is 0.207. The van der Waals surface area contributed by atoms with Crippen molar-refractivity contribution in [3.8, 4) is 5.75 Å². The molecule has 7 nitrogen and oxygen atoms in total. The molecule has 0 aliphatic heterocycles. The van der Waals surface area contributed by atoms with E-state index in [1.807, 2.05) is 43.3 Å². The highest BCUT2D eigenvalue weighted by molar-refractivity contribution is 8.02. The van der Waals surface area contributed by atoms with Gasteiger partial charge in [-0.15, -0.1) is 22.7 Å². The molecule has 37 heavy (non-hydrogen) atoms. The predicted molar refractivity (Wildman–Crippen MR) is 156 cm³/mol. The summed E-state index contributed by atoms with van der Waals surface area (Å²) in [6.45, 7) is 2.58. The van der Waals surface area contributed by atoms with Crippen LogP contribution in [-0.2, 0) is 9.59 Å². The lowest BCUT2D eigenvalue weighted by Gasteiger charge is -2.22. The van der Waals surface area contributed by atoms with Crippen LogP contribution in [0.2, 0.25) is 0 Å². The molecule has 2 amide bonds. The van der Waals surface area contributed by atoms with E-state index in [2.05, 4.69) is 20.6 Å². The van der Waals surface area contributed by atoms with E-state index in [0.717, 1.165) is 53.4 Å². The maximum atomic E-state index is 12.6. The van der Waals surface area contributed by atoms with E-state index in [-0.39, 0.29) is 17.6 Å². The lowest BCUT2D eigenvalue weighted by molar-refractivity contribution is -0.119. The first kappa shape index (κ1) is 26.3. The van der Waals surface area contributed by atoms with E-state index in [0.29, 0.717) is 18.4 Å². The molecule has 0 saturated heterocycles. The number of aromatic nitrogens is 2. The number of carbonyl (C=O) groups is 2. The number of nitrogens with one attached hydrogen (secondary N) is 2. The van der Waals surface area contributed by atoms with Gasteiger partial charge in [0.15, 0.2) is 8.68 Å². The smallest absolute Gasteiger partial charge is 0.234 e. The second kappa shape index (κ2) is 12.5. The monoisotopic (exact) mass is 572 g/mol. The summed E-state index contributed by atoms with van der Waals surface area (Å²) in [4.78, 5) is 34.1. The number of amides is 2. The van der Waals surface area contributed by atoms with Crippen molar-refractivity contribution >= 4 is 84.1 Å². The van der Waals surface area contributed by atoms with Crippen LogP contribution >= 0.6 is 46.2 Å². The van der Waals surface area contributed by atoms with Crippen LogP contribution in [-0.4, -0.2) is 45.9 Å². The van der Waals surface area contributed by atoms with E-state index in [1.165, 1.54) is 42.8 Å². The molecule has 0 bridgehead atoms. The molecule has 0 radical (unpaired) electrons. The predicted octanol–water partition coefficient (Wildman–Crippen LogP) is 6.58. The number of hydrogen-bond donors (Lipinski definition) is 2. The van der Waals surface area contributed by atoms with Crippen LogP contribution in [0.15, 0.2) is 45.1 Å². The summed E-state index contributed by atoms with van der Waals surface area (Å²) in [6, 6.07) is 11.9. The summed E-state index contributed by atoms with van der Waals surface area (Å²) < 4.78 is 9.30. The first-order valence-corrected chi connectivity index (χ1v) is 15.9. The van der Waals surface area contributed by atoms with Crippen LogP contribution < -0.4 is 15.4 Å². The Balaban J connectivity index is 1.12. The number of nitrogens with zero attached hydrogens (tertiary/aromatic N) is 2. The lowest BCUT2D eigenvalue weighted by Crippen LogP contribution is -2.37. The van der Waals surface area contributed by atoms with E-state index < -0.39 is 0 Å². The Labute approximate surface area is 232 Å². The minimum absolute atomic E-state index is 0.0736. The van der Waals surface area contributed by atoms with Gasteiger partial charge in [0, 0.05) is 11.7 Å². The Morgan fingerprint density at radius 2 is 1.57 bits per heavy atom. The average Bonchev–Trinajstić information content (AvgIpc) is 3.50. The Morgan fingerprint density at radius 1 is 0.919 bits per heavy atom. The van der Waals surface area contributed by atoms with Gasteiger partial charge in [0.25, 0.3) is 0 Å². The fourth-order valence-corrected chi connectivity index (χ4v) is 8.03. The summed E-state index contributed by atoms with van der Waals surface area (Å²) in [5.74, 6) is 1.46. The highest BCUT2D eigenvalue weighted by Crippen LogP contribution is 2.33. The summed E-state index contributed by atoms with van der Waals surface area (Å²) >= 11 is 5.99. The van der Waals surface area contributed by atoms with Gasteiger partial charge in [-0.1, -0.05) is 42.8 Å². The largest absolute Gasteiger partial charge is 0.494 e. The van der Waals surface area contributed by atoms with Gasteiger partial charge in [0.2, 0.25) is 11.8 Å². The van der Waals surface area contributed by atoms with Gasteiger partial charge >= 0.3 is 0 Å². The van der Waals surface area contributed by atoms with Crippen LogP contribution in [0.1, 0.15) is 39.0 Å². The molecule has 4 aromatic rings. The first-order chi connectivity index (χ1) is 18.1. The molecule has 0 unspecified atom stereocenters. The summed E-state index contributed by atoms with van der Waals surface area (Å²) in [7, 11) is 0. The lowest BCUT2D eigenvalue weighted by atomic mass is 9.95. The number of rotatable bonds is 10. The van der Waals surface area contributed by atoms with Gasteiger partial charge in [-0.05, 0) is 56.2 Å². The third kappa shape index (κ3) is 7.16. The molecule has 1 aliphatic carbocycles. The van der Waals surface area contributed by atoms with Crippen molar-refractivity contribution in [2.24, 2.45) is 0 Å². The van der Waals surface area contributed by atoms with Crippen LogP contribution in [0.5, 0.6) is 5.75 Å². The van der Waals surface area contributed by atoms with Crippen molar-refractivity contribution in [2.45, 2.75) is 53.7 Å². The molecule has 2 N–H and O–H groups in total. The van der Waals surface area contributed by atoms with Crippen LogP contribution in [0.4, 0.5) is 5.69 Å². The van der Waals surface area contributed by atoms with Crippen molar-refractivity contribution < 1.29 is 14.3 Å². The van der Waals surface area contributed by atoms with Gasteiger partial charge in [0.05, 0.1) is 38.5 Å². The van der Waals surface area contributed by atoms with Crippen molar-refractivity contribution in [1.29, 1.82) is 0 Å². The van der Waals surface area contributed by atoms with E-state index in [9.17, 15) is 9.59 Å². The zero-order valence-electron chi connectivity index (χ0n) is 20.5. The molecule has 1 aliphatic rings. The summed E-state index contributed by atoms with van der Waals surface area (Å²) in [6.07, 6.45) is 5.84. The van der Waals surface area contributed by atoms with Gasteiger partial charge in [-0.3, -0.25) is 9.59 Å². The second-order valence-corrected chi connectivity index (χ2v) is 13.2. The zero-order chi connectivity index (χ0) is 25.6. The van der Waals surface area contributed by atoms with Crippen LogP contribution in [0.25, 0.3) is 20.4 Å². The van der Waals surface area contributed by atoms with Crippen molar-refractivity contribution in [3.63, 3.8) is 0 Å². The summed E-state index contributed by atoms with van der Waals surface area (Å²) in [5.41, 5.74) is 2.51. The van der Waals surface area contributed by atoms with E-state index in [4.69, 9.17) is 4.74 Å². The fourth-order valence-electron chi connectivity index (χ4n) is 4.21. The van der Waals surface area contributed by atoms with E-state index >= 15 is 0 Å². The number of carbonyl (C=O) groups excluding carboxylic acids is 2. The normalized spacial score (nSPS) is 14.2. The van der Waals surface area contributed by atoms with Crippen LogP contribution in [0, 0.1) is 0 Å². The second-order valence-electron chi connectivity index (χ2n) is 8.73. The zero-order valence-corrected chi connectivity index (χ0v) is 23.7. The average molecular weight is 573 g/mol. The molecule has 5 rings (SSSR count). The molecule has 2 aromatic carbocycles. The van der Waals surface area contributed by atoms with Crippen molar-refractivity contribution in [3.05, 3.63) is 36.4 Å². The maximum absolute atomic E-state index is 12.6. The van der Waals surface area contributed by atoms with Gasteiger partial charge in [-0.2, -0.15) is 0 Å². The molecule has 11 heteroatoms. The highest BCUT2D eigenvalue weighted by atomic mass is 32.2. The Hall–Kier alpha value is -2.34. The number of benzene rings is 2. The highest BCUT2D eigenvalue weighted by Gasteiger charge is 2.16. The Morgan fingerprint density at radius 3 is 2.27 bits per heavy atom. The molecule has 1 saturated carbocycles. The minimum Gasteiger partial charge on any atom is -0.494 e. The fraction of sp³-hybridized carbons (Fsp3) is 0.385. The number of fused-ring (bicyclic) bond motifs is 2. The maximum Gasteiger partial charge on any atom is 0.234 e. The topological polar surface area (TPSA) is 93.2 Å². The molecule has 2 heterocycles. The molecular weight excluding hydrogens is 545 g/mol.